The van der Waals surface area contributed by atoms with Crippen LogP contribution in [0.15, 0.2) is 42.5 Å². The van der Waals surface area contributed by atoms with Gasteiger partial charge in [0.15, 0.2) is 0 Å². The number of hydrogen-bond donors (Lipinski definition) is 1. The molecule has 2 aromatic carbocycles. The molecular formula is C15H14Cl3N. The second-order valence-corrected chi connectivity index (χ2v) is 6.04. The molecule has 4 heteroatoms. The Morgan fingerprint density at radius 1 is 1.00 bits per heavy atom. The monoisotopic (exact) mass is 313 g/mol. The van der Waals surface area contributed by atoms with Crippen molar-refractivity contribution < 1.29 is 0 Å². The van der Waals surface area contributed by atoms with Crippen molar-refractivity contribution in [1.29, 1.82) is 0 Å². The first kappa shape index (κ1) is 14.7. The summed E-state index contributed by atoms with van der Waals surface area (Å²) in [5, 5.41) is 1.81. The summed E-state index contributed by atoms with van der Waals surface area (Å²) in [6.45, 7) is 1.97. The van der Waals surface area contributed by atoms with E-state index >= 15 is 0 Å². The van der Waals surface area contributed by atoms with Crippen molar-refractivity contribution in [2.45, 2.75) is 18.9 Å². The van der Waals surface area contributed by atoms with Crippen LogP contribution in [-0.4, -0.2) is 0 Å². The van der Waals surface area contributed by atoms with Gasteiger partial charge in [-0.1, -0.05) is 59.1 Å². The summed E-state index contributed by atoms with van der Waals surface area (Å²) in [5.41, 5.74) is 7.81. The molecule has 0 bridgehead atoms. The highest BCUT2D eigenvalue weighted by molar-refractivity contribution is 6.42. The summed E-state index contributed by atoms with van der Waals surface area (Å²) < 4.78 is 0. The number of halogens is 3. The summed E-state index contributed by atoms with van der Waals surface area (Å²) in [6, 6.07) is 13.1. The first-order chi connectivity index (χ1) is 8.90. The van der Waals surface area contributed by atoms with Gasteiger partial charge in [0.25, 0.3) is 0 Å². The first-order valence-electron chi connectivity index (χ1n) is 5.88. The summed E-state index contributed by atoms with van der Waals surface area (Å²) >= 11 is 18.1. The minimum atomic E-state index is -0.529. The van der Waals surface area contributed by atoms with Crippen molar-refractivity contribution in [3.8, 4) is 0 Å². The van der Waals surface area contributed by atoms with E-state index in [1.54, 1.807) is 6.07 Å². The van der Waals surface area contributed by atoms with E-state index in [4.69, 9.17) is 40.5 Å². The number of nitrogens with two attached hydrogens (primary N) is 1. The maximum atomic E-state index is 6.39. The largest absolute Gasteiger partial charge is 0.321 e. The molecule has 0 aliphatic carbocycles. The second-order valence-electron chi connectivity index (χ2n) is 4.81. The molecule has 0 radical (unpaired) electrons. The van der Waals surface area contributed by atoms with Crippen LogP contribution in [0.1, 0.15) is 18.1 Å². The Labute approximate surface area is 128 Å². The molecule has 0 amide bonds. The zero-order chi connectivity index (χ0) is 14.0. The zero-order valence-electron chi connectivity index (χ0n) is 10.5. The molecule has 1 atom stereocenters. The van der Waals surface area contributed by atoms with Crippen molar-refractivity contribution in [2.75, 3.05) is 0 Å². The molecule has 0 aliphatic rings. The highest BCUT2D eigenvalue weighted by Gasteiger charge is 2.23. The summed E-state index contributed by atoms with van der Waals surface area (Å²) in [7, 11) is 0. The molecule has 1 unspecified atom stereocenters. The lowest BCUT2D eigenvalue weighted by molar-refractivity contribution is 0.491. The van der Waals surface area contributed by atoms with Crippen LogP contribution >= 0.6 is 34.8 Å². The van der Waals surface area contributed by atoms with Crippen molar-refractivity contribution in [3.05, 3.63) is 68.7 Å². The molecule has 2 aromatic rings. The van der Waals surface area contributed by atoms with E-state index in [9.17, 15) is 0 Å². The summed E-state index contributed by atoms with van der Waals surface area (Å²) in [4.78, 5) is 0. The quantitative estimate of drug-likeness (QED) is 0.841. The fourth-order valence-corrected chi connectivity index (χ4v) is 2.53. The van der Waals surface area contributed by atoms with Gasteiger partial charge in [0.2, 0.25) is 0 Å². The Hall–Kier alpha value is -0.730. The summed E-state index contributed by atoms with van der Waals surface area (Å²) in [5.74, 6) is 0. The number of rotatable bonds is 3. The van der Waals surface area contributed by atoms with Crippen LogP contribution in [0, 0.1) is 0 Å². The molecule has 0 saturated heterocycles. The second kappa shape index (κ2) is 5.72. The molecule has 0 aromatic heterocycles. The normalized spacial score (nSPS) is 14.2. The third-order valence-electron chi connectivity index (χ3n) is 3.09. The van der Waals surface area contributed by atoms with Crippen molar-refractivity contribution in [2.24, 2.45) is 5.73 Å². The predicted molar refractivity (Wildman–Crippen MR) is 83.2 cm³/mol. The fraction of sp³-hybridized carbons (Fsp3) is 0.200. The highest BCUT2D eigenvalue weighted by Crippen LogP contribution is 2.31. The van der Waals surface area contributed by atoms with Gasteiger partial charge in [-0.2, -0.15) is 0 Å². The van der Waals surface area contributed by atoms with E-state index in [2.05, 4.69) is 0 Å². The van der Waals surface area contributed by atoms with Gasteiger partial charge in [0.05, 0.1) is 10.0 Å². The standard InChI is InChI=1S/C15H14Cl3N/c1-15(19,11-5-7-12(16)8-6-11)9-10-3-2-4-13(17)14(10)18/h2-8H,9,19H2,1H3. The SMILES string of the molecule is CC(N)(Cc1cccc(Cl)c1Cl)c1ccc(Cl)cc1. The predicted octanol–water partition coefficient (Wildman–Crippen LogP) is 5.06. The maximum absolute atomic E-state index is 6.39. The topological polar surface area (TPSA) is 26.0 Å². The minimum Gasteiger partial charge on any atom is -0.321 e. The fourth-order valence-electron chi connectivity index (χ4n) is 2.01. The van der Waals surface area contributed by atoms with Gasteiger partial charge in [-0.05, 0) is 42.7 Å². The smallest absolute Gasteiger partial charge is 0.0625 e. The van der Waals surface area contributed by atoms with E-state index in [1.807, 2.05) is 43.3 Å². The molecule has 0 aliphatic heterocycles. The van der Waals surface area contributed by atoms with E-state index < -0.39 is 5.54 Å². The molecule has 2 N–H and O–H groups in total. The Morgan fingerprint density at radius 3 is 2.26 bits per heavy atom. The van der Waals surface area contributed by atoms with Gasteiger partial charge in [-0.3, -0.25) is 0 Å². The average molecular weight is 315 g/mol. The maximum Gasteiger partial charge on any atom is 0.0625 e. The van der Waals surface area contributed by atoms with Crippen LogP contribution < -0.4 is 5.73 Å². The lowest BCUT2D eigenvalue weighted by Crippen LogP contribution is -2.35. The molecule has 1 nitrogen and oxygen atoms in total. The number of benzene rings is 2. The molecule has 2 rings (SSSR count). The first-order valence-corrected chi connectivity index (χ1v) is 7.01. The average Bonchev–Trinajstić information content (AvgIpc) is 2.35. The van der Waals surface area contributed by atoms with Gasteiger partial charge < -0.3 is 5.73 Å². The third-order valence-corrected chi connectivity index (χ3v) is 4.20. The van der Waals surface area contributed by atoms with Gasteiger partial charge in [-0.25, -0.2) is 0 Å². The Balaban J connectivity index is 2.30. The van der Waals surface area contributed by atoms with Crippen molar-refractivity contribution in [3.63, 3.8) is 0 Å². The van der Waals surface area contributed by atoms with Crippen LogP contribution in [0.3, 0.4) is 0 Å². The van der Waals surface area contributed by atoms with Crippen LogP contribution in [0.5, 0.6) is 0 Å². The number of hydrogen-bond acceptors (Lipinski definition) is 1. The Morgan fingerprint density at radius 2 is 1.63 bits per heavy atom. The van der Waals surface area contributed by atoms with E-state index in [-0.39, 0.29) is 0 Å². The van der Waals surface area contributed by atoms with Gasteiger partial charge in [-0.15, -0.1) is 0 Å². The molecule has 0 saturated carbocycles. The van der Waals surface area contributed by atoms with Crippen LogP contribution in [0.25, 0.3) is 0 Å². The Kier molecular flexibility index (Phi) is 4.42. The van der Waals surface area contributed by atoms with Crippen LogP contribution in [0.2, 0.25) is 15.1 Å². The minimum absolute atomic E-state index is 0.529. The molecule has 0 heterocycles. The summed E-state index contributed by atoms with van der Waals surface area (Å²) in [6.07, 6.45) is 0.605. The third kappa shape index (κ3) is 3.43. The molecule has 19 heavy (non-hydrogen) atoms. The van der Waals surface area contributed by atoms with Gasteiger partial charge in [0.1, 0.15) is 0 Å². The van der Waals surface area contributed by atoms with E-state index in [0.717, 1.165) is 11.1 Å². The van der Waals surface area contributed by atoms with Gasteiger partial charge in [0, 0.05) is 10.6 Å². The zero-order valence-corrected chi connectivity index (χ0v) is 12.7. The van der Waals surface area contributed by atoms with Crippen molar-refractivity contribution >= 4 is 34.8 Å². The lowest BCUT2D eigenvalue weighted by atomic mass is 9.86. The Bertz CT molecular complexity index is 576. The molecular weight excluding hydrogens is 301 g/mol. The van der Waals surface area contributed by atoms with Gasteiger partial charge >= 0.3 is 0 Å². The molecule has 100 valence electrons. The lowest BCUT2D eigenvalue weighted by Gasteiger charge is -2.26. The van der Waals surface area contributed by atoms with Crippen LogP contribution in [-0.2, 0) is 12.0 Å². The van der Waals surface area contributed by atoms with Crippen molar-refractivity contribution in [1.82, 2.24) is 0 Å². The highest BCUT2D eigenvalue weighted by atomic mass is 35.5. The molecule has 0 fully saturated rings. The van der Waals surface area contributed by atoms with E-state index in [1.165, 1.54) is 0 Å². The molecule has 0 spiro atoms. The van der Waals surface area contributed by atoms with E-state index in [0.29, 0.717) is 21.5 Å². The van der Waals surface area contributed by atoms with Crippen LogP contribution in [0.4, 0.5) is 0 Å².